The van der Waals surface area contributed by atoms with Crippen LogP contribution >= 0.6 is 0 Å². The van der Waals surface area contributed by atoms with Crippen molar-refractivity contribution in [2.45, 2.75) is 25.6 Å². The van der Waals surface area contributed by atoms with Crippen molar-refractivity contribution in [3.63, 3.8) is 0 Å². The minimum atomic E-state index is -1.66. The standard InChI is InChI=1S/C21H24N4O4/c1-2-13-3-9-16(10-4-13)25-11-12-29-18(21(25)28)17(26)20(27)24-15-7-5-14(6-8-15)19(22)23/h3-10,17-18,26H,2,11-12H2,1H3,(H3,22,23)(H,24,27)/t17-,18?/m1/s1. The number of carbonyl (C=O) groups excluding carboxylic acids is 2. The monoisotopic (exact) mass is 396 g/mol. The van der Waals surface area contributed by atoms with Gasteiger partial charge in [0.05, 0.1) is 6.61 Å². The predicted octanol–water partition coefficient (Wildman–Crippen LogP) is 1.26. The van der Waals surface area contributed by atoms with Gasteiger partial charge in [-0.3, -0.25) is 15.0 Å². The van der Waals surface area contributed by atoms with Crippen LogP contribution in [0.5, 0.6) is 0 Å². The fraction of sp³-hybridized carbons (Fsp3) is 0.286. The van der Waals surface area contributed by atoms with Crippen molar-refractivity contribution < 1.29 is 19.4 Å². The molecule has 2 aromatic rings. The summed E-state index contributed by atoms with van der Waals surface area (Å²) in [6.45, 7) is 2.61. The Balaban J connectivity index is 1.68. The molecule has 1 aliphatic heterocycles. The van der Waals surface area contributed by atoms with E-state index >= 15 is 0 Å². The molecule has 1 unspecified atom stereocenters. The van der Waals surface area contributed by atoms with Gasteiger partial charge in [-0.05, 0) is 48.4 Å². The lowest BCUT2D eigenvalue weighted by molar-refractivity contribution is -0.150. The molecular formula is C21H24N4O4. The van der Waals surface area contributed by atoms with Crippen molar-refractivity contribution in [2.24, 2.45) is 5.73 Å². The summed E-state index contributed by atoms with van der Waals surface area (Å²) < 4.78 is 5.41. The second-order valence-electron chi connectivity index (χ2n) is 6.73. The summed E-state index contributed by atoms with van der Waals surface area (Å²) in [6.07, 6.45) is -2.05. The molecule has 1 heterocycles. The molecule has 3 rings (SSSR count). The maximum Gasteiger partial charge on any atom is 0.259 e. The van der Waals surface area contributed by atoms with E-state index in [4.69, 9.17) is 15.9 Å². The highest BCUT2D eigenvalue weighted by Gasteiger charge is 2.39. The Morgan fingerprint density at radius 1 is 1.28 bits per heavy atom. The van der Waals surface area contributed by atoms with Crippen LogP contribution in [0.4, 0.5) is 11.4 Å². The number of nitrogens with one attached hydrogen (secondary N) is 2. The van der Waals surface area contributed by atoms with Gasteiger partial charge in [-0.25, -0.2) is 0 Å². The first kappa shape index (κ1) is 20.5. The van der Waals surface area contributed by atoms with Crippen molar-refractivity contribution >= 4 is 29.0 Å². The molecule has 0 spiro atoms. The smallest absolute Gasteiger partial charge is 0.259 e. The molecule has 2 aromatic carbocycles. The first-order valence-electron chi connectivity index (χ1n) is 9.36. The van der Waals surface area contributed by atoms with Crippen molar-refractivity contribution in [3.8, 4) is 0 Å². The third kappa shape index (κ3) is 4.61. The van der Waals surface area contributed by atoms with E-state index in [2.05, 4.69) is 5.32 Å². The minimum Gasteiger partial charge on any atom is -0.384 e. The van der Waals surface area contributed by atoms with Gasteiger partial charge in [-0.2, -0.15) is 0 Å². The van der Waals surface area contributed by atoms with Crippen molar-refractivity contribution in [1.29, 1.82) is 5.41 Å². The van der Waals surface area contributed by atoms with E-state index < -0.39 is 24.0 Å². The Morgan fingerprint density at radius 2 is 1.93 bits per heavy atom. The number of hydrogen-bond acceptors (Lipinski definition) is 5. The molecule has 29 heavy (non-hydrogen) atoms. The first-order chi connectivity index (χ1) is 13.9. The Bertz CT molecular complexity index is 896. The van der Waals surface area contributed by atoms with E-state index in [0.717, 1.165) is 12.0 Å². The maximum absolute atomic E-state index is 12.8. The molecule has 1 saturated heterocycles. The van der Waals surface area contributed by atoms with Gasteiger partial charge in [-0.1, -0.05) is 19.1 Å². The summed E-state index contributed by atoms with van der Waals surface area (Å²) in [5.41, 5.74) is 8.18. The van der Waals surface area contributed by atoms with E-state index in [1.165, 1.54) is 4.90 Å². The zero-order valence-corrected chi connectivity index (χ0v) is 16.1. The number of aryl methyl sites for hydroxylation is 1. The molecule has 8 nitrogen and oxygen atoms in total. The number of aliphatic hydroxyl groups is 1. The number of hydrogen-bond donors (Lipinski definition) is 4. The number of amidine groups is 1. The van der Waals surface area contributed by atoms with E-state index in [9.17, 15) is 14.7 Å². The fourth-order valence-electron chi connectivity index (χ4n) is 3.09. The summed E-state index contributed by atoms with van der Waals surface area (Å²) in [5.74, 6) is -1.30. The highest BCUT2D eigenvalue weighted by molar-refractivity contribution is 6.04. The molecule has 2 amide bonds. The Hall–Kier alpha value is -3.23. The number of anilines is 2. The zero-order valence-electron chi connectivity index (χ0n) is 16.1. The van der Waals surface area contributed by atoms with Gasteiger partial charge in [-0.15, -0.1) is 0 Å². The molecule has 0 aromatic heterocycles. The van der Waals surface area contributed by atoms with Crippen molar-refractivity contribution in [3.05, 3.63) is 59.7 Å². The molecule has 1 aliphatic rings. The largest absolute Gasteiger partial charge is 0.384 e. The maximum atomic E-state index is 12.8. The quantitative estimate of drug-likeness (QED) is 0.432. The number of aliphatic hydroxyl groups excluding tert-OH is 1. The van der Waals surface area contributed by atoms with Crippen LogP contribution in [0, 0.1) is 5.41 Å². The van der Waals surface area contributed by atoms with Crippen molar-refractivity contribution in [2.75, 3.05) is 23.4 Å². The third-order valence-electron chi connectivity index (χ3n) is 4.80. The highest BCUT2D eigenvalue weighted by atomic mass is 16.5. The van der Waals surface area contributed by atoms with Crippen LogP contribution in [0.3, 0.4) is 0 Å². The lowest BCUT2D eigenvalue weighted by atomic mass is 10.1. The Kier molecular flexibility index (Phi) is 6.26. The van der Waals surface area contributed by atoms with Gasteiger partial charge in [0, 0.05) is 23.5 Å². The number of amides is 2. The second-order valence-corrected chi connectivity index (χ2v) is 6.73. The average molecular weight is 396 g/mol. The van der Waals surface area contributed by atoms with E-state index in [1.807, 2.05) is 31.2 Å². The normalized spacial score (nSPS) is 17.7. The fourth-order valence-corrected chi connectivity index (χ4v) is 3.09. The number of carbonyl (C=O) groups is 2. The summed E-state index contributed by atoms with van der Waals surface area (Å²) in [6, 6.07) is 13.9. The summed E-state index contributed by atoms with van der Waals surface area (Å²) in [4.78, 5) is 26.8. The van der Waals surface area contributed by atoms with Gasteiger partial charge in [0.1, 0.15) is 5.84 Å². The Morgan fingerprint density at radius 3 is 2.52 bits per heavy atom. The third-order valence-corrected chi connectivity index (χ3v) is 4.80. The molecule has 8 heteroatoms. The lowest BCUT2D eigenvalue weighted by Gasteiger charge is -2.34. The number of nitrogens with two attached hydrogens (primary N) is 1. The predicted molar refractivity (Wildman–Crippen MR) is 110 cm³/mol. The van der Waals surface area contributed by atoms with Gasteiger partial charge in [0.25, 0.3) is 11.8 Å². The number of morpholine rings is 1. The number of ether oxygens (including phenoxy) is 1. The molecule has 0 bridgehead atoms. The van der Waals surface area contributed by atoms with Crippen LogP contribution in [0.25, 0.3) is 0 Å². The topological polar surface area (TPSA) is 129 Å². The molecule has 2 atom stereocenters. The molecular weight excluding hydrogens is 372 g/mol. The van der Waals surface area contributed by atoms with Crippen LogP contribution in [-0.4, -0.2) is 48.1 Å². The average Bonchev–Trinajstić information content (AvgIpc) is 2.74. The Labute approximate surface area is 168 Å². The highest BCUT2D eigenvalue weighted by Crippen LogP contribution is 2.22. The summed E-state index contributed by atoms with van der Waals surface area (Å²) in [5, 5.41) is 20.3. The van der Waals surface area contributed by atoms with Gasteiger partial charge < -0.3 is 25.8 Å². The van der Waals surface area contributed by atoms with Crippen LogP contribution in [0.2, 0.25) is 0 Å². The van der Waals surface area contributed by atoms with E-state index in [-0.39, 0.29) is 12.4 Å². The molecule has 0 aliphatic carbocycles. The summed E-state index contributed by atoms with van der Waals surface area (Å²) in [7, 11) is 0. The molecule has 0 saturated carbocycles. The number of nitrogen functional groups attached to an aromatic ring is 1. The minimum absolute atomic E-state index is 0.0869. The van der Waals surface area contributed by atoms with Crippen molar-refractivity contribution in [1.82, 2.24) is 0 Å². The van der Waals surface area contributed by atoms with Crippen LogP contribution in [0.15, 0.2) is 48.5 Å². The van der Waals surface area contributed by atoms with E-state index in [0.29, 0.717) is 23.5 Å². The number of benzene rings is 2. The molecule has 152 valence electrons. The van der Waals surface area contributed by atoms with Gasteiger partial charge >= 0.3 is 0 Å². The van der Waals surface area contributed by atoms with Crippen LogP contribution < -0.4 is 16.0 Å². The zero-order chi connectivity index (χ0) is 21.0. The number of rotatable bonds is 6. The van der Waals surface area contributed by atoms with Crippen LogP contribution in [0.1, 0.15) is 18.1 Å². The summed E-state index contributed by atoms with van der Waals surface area (Å²) >= 11 is 0. The van der Waals surface area contributed by atoms with Crippen LogP contribution in [-0.2, 0) is 20.7 Å². The number of nitrogens with zero attached hydrogens (tertiary/aromatic N) is 1. The van der Waals surface area contributed by atoms with E-state index in [1.54, 1.807) is 24.3 Å². The SMILES string of the molecule is CCc1ccc(N2CCOC([C@@H](O)C(=O)Nc3ccc(C(=N)N)cc3)C2=O)cc1. The second kappa shape index (κ2) is 8.85. The van der Waals surface area contributed by atoms with Gasteiger partial charge in [0.2, 0.25) is 0 Å². The molecule has 1 fully saturated rings. The first-order valence-corrected chi connectivity index (χ1v) is 9.36. The molecule has 0 radical (unpaired) electrons. The van der Waals surface area contributed by atoms with Gasteiger partial charge in [0.15, 0.2) is 12.2 Å². The lowest BCUT2D eigenvalue weighted by Crippen LogP contribution is -2.55. The molecule has 5 N–H and O–H groups in total.